The van der Waals surface area contributed by atoms with Crippen LogP contribution in [-0.2, 0) is 35.2 Å². The molecule has 0 spiro atoms. The number of carbonyl (C=O) groups is 6. The summed E-state index contributed by atoms with van der Waals surface area (Å²) in [6, 6.07) is 0.281. The van der Waals surface area contributed by atoms with Gasteiger partial charge in [-0.1, -0.05) is 26.0 Å². The quantitative estimate of drug-likeness (QED) is 0.122. The monoisotopic (exact) mass is 537 g/mol. The van der Waals surface area contributed by atoms with E-state index in [4.69, 9.17) is 11.5 Å². The number of primary amides is 1. The number of hydrogen-bond donors (Lipinski definition) is 8. The van der Waals surface area contributed by atoms with Gasteiger partial charge >= 0.3 is 11.9 Å². The third-order valence-corrected chi connectivity index (χ3v) is 5.38. The van der Waals surface area contributed by atoms with Crippen molar-refractivity contribution >= 4 is 35.6 Å². The third kappa shape index (κ3) is 11.7. The number of rotatable bonds is 16. The van der Waals surface area contributed by atoms with Gasteiger partial charge < -0.3 is 42.7 Å². The van der Waals surface area contributed by atoms with Crippen LogP contribution in [-0.4, -0.2) is 75.1 Å². The number of carboxylic acid groups (broad SMARTS) is 2. The predicted molar refractivity (Wildman–Crippen MR) is 133 cm³/mol. The Hall–Kier alpha value is -4.20. The molecule has 0 aliphatic rings. The lowest BCUT2D eigenvalue weighted by molar-refractivity contribution is -0.143. The number of carboxylic acids is 2. The van der Waals surface area contributed by atoms with E-state index < -0.39 is 66.2 Å². The largest absolute Gasteiger partial charge is 0.508 e. The van der Waals surface area contributed by atoms with Gasteiger partial charge in [0.05, 0.1) is 12.5 Å². The van der Waals surface area contributed by atoms with Gasteiger partial charge in [-0.05, 0) is 36.5 Å². The van der Waals surface area contributed by atoms with Crippen molar-refractivity contribution in [3.8, 4) is 5.75 Å². The van der Waals surface area contributed by atoms with Crippen LogP contribution in [0.15, 0.2) is 24.3 Å². The van der Waals surface area contributed by atoms with E-state index in [1.165, 1.54) is 24.3 Å². The summed E-state index contributed by atoms with van der Waals surface area (Å²) >= 11 is 0. The minimum Gasteiger partial charge on any atom is -0.508 e. The number of hydrogen-bond acceptors (Lipinski definition) is 8. The maximum atomic E-state index is 13.0. The molecule has 0 aromatic heterocycles. The van der Waals surface area contributed by atoms with Crippen molar-refractivity contribution in [1.82, 2.24) is 16.0 Å². The molecule has 0 heterocycles. The molecule has 4 atom stereocenters. The van der Waals surface area contributed by atoms with Crippen molar-refractivity contribution in [3.05, 3.63) is 29.8 Å². The second kappa shape index (κ2) is 15.1. The van der Waals surface area contributed by atoms with Crippen LogP contribution in [0.2, 0.25) is 0 Å². The molecule has 0 aliphatic heterocycles. The number of nitrogens with one attached hydrogen (secondary N) is 3. The highest BCUT2D eigenvalue weighted by Crippen LogP contribution is 2.12. The highest BCUT2D eigenvalue weighted by atomic mass is 16.4. The Morgan fingerprint density at radius 1 is 0.842 bits per heavy atom. The Bertz CT molecular complexity index is 1010. The lowest BCUT2D eigenvalue weighted by Crippen LogP contribution is -2.58. The fourth-order valence-electron chi connectivity index (χ4n) is 3.41. The molecule has 1 aromatic rings. The number of phenolic OH excluding ortho intramolecular Hbond substituents is 1. The van der Waals surface area contributed by atoms with E-state index in [1.54, 1.807) is 13.8 Å². The molecule has 0 radical (unpaired) electrons. The Labute approximate surface area is 219 Å². The minimum absolute atomic E-state index is 0.0128. The van der Waals surface area contributed by atoms with E-state index in [0.717, 1.165) is 0 Å². The topological polar surface area (TPSA) is 251 Å². The standard InChI is InChI=1S/C24H35N5O9/c1-12(2)9-16(22(35)29-18(24(37)38)10-13-3-5-14(30)6-4-13)28-23(36)17(11-20(32)33)27-21(34)15(25)7-8-19(26)31/h3-6,12,15-18,30H,7-11,25H2,1-2H3,(H2,26,31)(H,27,34)(H,28,36)(H,29,35)(H,32,33)(H,37,38). The number of benzene rings is 1. The maximum Gasteiger partial charge on any atom is 0.326 e. The number of amides is 4. The third-order valence-electron chi connectivity index (χ3n) is 5.38. The highest BCUT2D eigenvalue weighted by molar-refractivity contribution is 5.95. The van der Waals surface area contributed by atoms with Crippen molar-refractivity contribution < 1.29 is 44.1 Å². The van der Waals surface area contributed by atoms with Gasteiger partial charge in [-0.3, -0.25) is 24.0 Å². The zero-order chi connectivity index (χ0) is 29.0. The summed E-state index contributed by atoms with van der Waals surface area (Å²) in [5, 5.41) is 35.2. The van der Waals surface area contributed by atoms with E-state index in [9.17, 15) is 44.1 Å². The second-order valence-corrected chi connectivity index (χ2v) is 9.23. The second-order valence-electron chi connectivity index (χ2n) is 9.23. The Morgan fingerprint density at radius 2 is 1.37 bits per heavy atom. The fraction of sp³-hybridized carbons (Fsp3) is 0.500. The smallest absolute Gasteiger partial charge is 0.326 e. The van der Waals surface area contributed by atoms with Gasteiger partial charge in [0.1, 0.15) is 23.9 Å². The first-order chi connectivity index (χ1) is 17.7. The minimum atomic E-state index is -1.60. The fourth-order valence-corrected chi connectivity index (χ4v) is 3.41. The van der Waals surface area contributed by atoms with Crippen LogP contribution in [0.1, 0.15) is 45.1 Å². The van der Waals surface area contributed by atoms with Gasteiger partial charge in [-0.15, -0.1) is 0 Å². The highest BCUT2D eigenvalue weighted by Gasteiger charge is 2.32. The van der Waals surface area contributed by atoms with Crippen molar-refractivity contribution in [1.29, 1.82) is 0 Å². The van der Waals surface area contributed by atoms with Gasteiger partial charge in [-0.2, -0.15) is 0 Å². The summed E-state index contributed by atoms with van der Waals surface area (Å²) in [4.78, 5) is 72.3. The number of aromatic hydroxyl groups is 1. The first kappa shape index (κ1) is 31.8. The SMILES string of the molecule is CC(C)CC(NC(=O)C(CC(=O)O)NC(=O)C(N)CCC(N)=O)C(=O)NC(Cc1ccc(O)cc1)C(=O)O. The van der Waals surface area contributed by atoms with E-state index >= 15 is 0 Å². The normalized spacial score (nSPS) is 14.0. The van der Waals surface area contributed by atoms with Crippen molar-refractivity contribution in [2.24, 2.45) is 17.4 Å². The average Bonchev–Trinajstić information content (AvgIpc) is 2.81. The van der Waals surface area contributed by atoms with Crippen LogP contribution in [0.3, 0.4) is 0 Å². The van der Waals surface area contributed by atoms with E-state index in [-0.39, 0.29) is 37.4 Å². The Kier molecular flexibility index (Phi) is 12.7. The van der Waals surface area contributed by atoms with Crippen LogP contribution in [0.5, 0.6) is 5.75 Å². The summed E-state index contributed by atoms with van der Waals surface area (Å²) < 4.78 is 0. The van der Waals surface area contributed by atoms with Gasteiger partial charge in [0.2, 0.25) is 23.6 Å². The van der Waals surface area contributed by atoms with Gasteiger partial charge in [0.15, 0.2) is 0 Å². The van der Waals surface area contributed by atoms with Crippen molar-refractivity contribution in [3.63, 3.8) is 0 Å². The molecule has 4 amide bonds. The molecule has 14 nitrogen and oxygen atoms in total. The molecular formula is C24H35N5O9. The lowest BCUT2D eigenvalue weighted by atomic mass is 10.0. The average molecular weight is 538 g/mol. The summed E-state index contributed by atoms with van der Waals surface area (Å²) in [6.45, 7) is 3.51. The number of aliphatic carboxylic acids is 2. The van der Waals surface area contributed by atoms with Gasteiger partial charge in [0.25, 0.3) is 0 Å². The lowest BCUT2D eigenvalue weighted by Gasteiger charge is -2.25. The summed E-state index contributed by atoms with van der Waals surface area (Å²) in [6.07, 6.45) is -1.18. The molecule has 0 saturated carbocycles. The maximum absolute atomic E-state index is 13.0. The van der Waals surface area contributed by atoms with Crippen LogP contribution in [0, 0.1) is 5.92 Å². The van der Waals surface area contributed by atoms with Crippen LogP contribution >= 0.6 is 0 Å². The van der Waals surface area contributed by atoms with E-state index in [1.807, 2.05) is 0 Å². The van der Waals surface area contributed by atoms with Crippen LogP contribution in [0.25, 0.3) is 0 Å². The first-order valence-corrected chi connectivity index (χ1v) is 11.9. The summed E-state index contributed by atoms with van der Waals surface area (Å²) in [7, 11) is 0. The molecular weight excluding hydrogens is 502 g/mol. The first-order valence-electron chi connectivity index (χ1n) is 11.9. The Morgan fingerprint density at radius 3 is 1.87 bits per heavy atom. The molecule has 0 saturated heterocycles. The van der Waals surface area contributed by atoms with Gasteiger partial charge in [0, 0.05) is 12.8 Å². The van der Waals surface area contributed by atoms with E-state index in [2.05, 4.69) is 16.0 Å². The molecule has 38 heavy (non-hydrogen) atoms. The number of carbonyl (C=O) groups excluding carboxylic acids is 4. The number of phenols is 1. The molecule has 0 aliphatic carbocycles. The molecule has 0 fully saturated rings. The van der Waals surface area contributed by atoms with Crippen molar-refractivity contribution in [2.45, 2.75) is 70.1 Å². The zero-order valence-corrected chi connectivity index (χ0v) is 21.2. The molecule has 14 heteroatoms. The predicted octanol–water partition coefficient (Wildman–Crippen LogP) is -1.41. The summed E-state index contributed by atoms with van der Waals surface area (Å²) in [5.41, 5.74) is 11.2. The van der Waals surface area contributed by atoms with E-state index in [0.29, 0.717) is 5.56 Å². The van der Waals surface area contributed by atoms with Crippen LogP contribution < -0.4 is 27.4 Å². The molecule has 210 valence electrons. The number of nitrogens with two attached hydrogens (primary N) is 2. The molecule has 0 bridgehead atoms. The summed E-state index contributed by atoms with van der Waals surface area (Å²) in [5.74, 6) is -6.30. The van der Waals surface area contributed by atoms with Crippen molar-refractivity contribution in [2.75, 3.05) is 0 Å². The van der Waals surface area contributed by atoms with Crippen LogP contribution in [0.4, 0.5) is 0 Å². The molecule has 1 aromatic carbocycles. The molecule has 4 unspecified atom stereocenters. The van der Waals surface area contributed by atoms with Gasteiger partial charge in [-0.25, -0.2) is 4.79 Å². The Balaban J connectivity index is 3.01. The molecule has 1 rings (SSSR count). The zero-order valence-electron chi connectivity index (χ0n) is 21.2. The molecule has 10 N–H and O–H groups in total.